The Morgan fingerprint density at radius 1 is 1.37 bits per heavy atom. The van der Waals surface area contributed by atoms with Crippen LogP contribution >= 0.6 is 0 Å². The van der Waals surface area contributed by atoms with Crippen LogP contribution in [-0.4, -0.2) is 37.6 Å². The standard InChI is InChI=1S/C14H19NO4/c1-4-19-12(16)13(11-6-5-7-15-8-11)9-14(10-13,17-2)18-3/h5-8H,4,9-10H2,1-3H3. The molecule has 0 bridgehead atoms. The molecule has 0 unspecified atom stereocenters. The molecule has 1 fully saturated rings. The van der Waals surface area contributed by atoms with Gasteiger partial charge in [0.15, 0.2) is 5.79 Å². The Bertz CT molecular complexity index is 434. The van der Waals surface area contributed by atoms with Crippen molar-refractivity contribution >= 4 is 5.97 Å². The lowest BCUT2D eigenvalue weighted by Crippen LogP contribution is -2.61. The summed E-state index contributed by atoms with van der Waals surface area (Å²) in [7, 11) is 3.17. The summed E-state index contributed by atoms with van der Waals surface area (Å²) in [6.45, 7) is 2.15. The van der Waals surface area contributed by atoms with Crippen molar-refractivity contribution in [3.63, 3.8) is 0 Å². The molecule has 5 heteroatoms. The second-order valence-electron chi connectivity index (χ2n) is 4.72. The van der Waals surface area contributed by atoms with Gasteiger partial charge in [-0.2, -0.15) is 0 Å². The third-order valence-corrected chi connectivity index (χ3v) is 3.77. The normalized spacial score (nSPS) is 19.5. The van der Waals surface area contributed by atoms with Gasteiger partial charge in [-0.1, -0.05) is 6.07 Å². The minimum atomic E-state index is -0.712. The van der Waals surface area contributed by atoms with Gasteiger partial charge in [0.05, 0.1) is 6.61 Å². The molecule has 0 N–H and O–H groups in total. The molecule has 0 amide bonds. The maximum atomic E-state index is 12.3. The van der Waals surface area contributed by atoms with E-state index in [1.807, 2.05) is 12.1 Å². The van der Waals surface area contributed by atoms with Gasteiger partial charge in [-0.15, -0.1) is 0 Å². The molecule has 1 saturated carbocycles. The zero-order valence-electron chi connectivity index (χ0n) is 11.5. The van der Waals surface area contributed by atoms with Crippen molar-refractivity contribution in [2.75, 3.05) is 20.8 Å². The minimum Gasteiger partial charge on any atom is -0.465 e. The van der Waals surface area contributed by atoms with Gasteiger partial charge in [-0.3, -0.25) is 9.78 Å². The van der Waals surface area contributed by atoms with Crippen LogP contribution in [0.3, 0.4) is 0 Å². The number of rotatable bonds is 5. The van der Waals surface area contributed by atoms with E-state index in [0.717, 1.165) is 5.56 Å². The van der Waals surface area contributed by atoms with Crippen molar-refractivity contribution in [1.82, 2.24) is 4.98 Å². The number of esters is 1. The van der Waals surface area contributed by atoms with Crippen molar-refractivity contribution in [2.24, 2.45) is 0 Å². The van der Waals surface area contributed by atoms with Crippen LogP contribution < -0.4 is 0 Å². The van der Waals surface area contributed by atoms with Crippen molar-refractivity contribution < 1.29 is 19.0 Å². The first-order valence-corrected chi connectivity index (χ1v) is 6.30. The van der Waals surface area contributed by atoms with E-state index in [9.17, 15) is 4.79 Å². The third kappa shape index (κ3) is 2.24. The maximum absolute atomic E-state index is 12.3. The SMILES string of the molecule is CCOC(=O)C1(c2cccnc2)CC(OC)(OC)C1. The fourth-order valence-corrected chi connectivity index (χ4v) is 2.62. The number of methoxy groups -OCH3 is 2. The number of carbonyl (C=O) groups excluding carboxylic acids is 1. The summed E-state index contributed by atoms with van der Waals surface area (Å²) >= 11 is 0. The van der Waals surface area contributed by atoms with E-state index < -0.39 is 11.2 Å². The molecule has 19 heavy (non-hydrogen) atoms. The molecule has 2 rings (SSSR count). The van der Waals surface area contributed by atoms with Gasteiger partial charge in [0, 0.05) is 39.5 Å². The highest BCUT2D eigenvalue weighted by atomic mass is 16.7. The zero-order chi connectivity index (χ0) is 13.9. The van der Waals surface area contributed by atoms with Crippen LogP contribution in [0.1, 0.15) is 25.3 Å². The first-order valence-electron chi connectivity index (χ1n) is 6.30. The summed E-state index contributed by atoms with van der Waals surface area (Å²) in [6.07, 6.45) is 4.27. The Kier molecular flexibility index (Phi) is 3.87. The lowest BCUT2D eigenvalue weighted by atomic mass is 9.60. The molecule has 0 spiro atoms. The Morgan fingerprint density at radius 2 is 2.05 bits per heavy atom. The number of pyridine rings is 1. The summed E-state index contributed by atoms with van der Waals surface area (Å²) < 4.78 is 16.0. The predicted molar refractivity (Wildman–Crippen MR) is 68.5 cm³/mol. The lowest BCUT2D eigenvalue weighted by Gasteiger charge is -2.52. The van der Waals surface area contributed by atoms with Crippen LogP contribution in [0, 0.1) is 0 Å². The Morgan fingerprint density at radius 3 is 2.53 bits per heavy atom. The molecule has 0 saturated heterocycles. The van der Waals surface area contributed by atoms with Crippen LogP contribution in [-0.2, 0) is 24.4 Å². The first kappa shape index (κ1) is 14.0. The maximum Gasteiger partial charge on any atom is 0.317 e. The highest BCUT2D eigenvalue weighted by Crippen LogP contribution is 2.53. The van der Waals surface area contributed by atoms with Crippen molar-refractivity contribution in [1.29, 1.82) is 0 Å². The molecule has 0 aliphatic heterocycles. The van der Waals surface area contributed by atoms with E-state index in [0.29, 0.717) is 19.4 Å². The lowest BCUT2D eigenvalue weighted by molar-refractivity contribution is -0.278. The Labute approximate surface area is 112 Å². The number of aromatic nitrogens is 1. The van der Waals surface area contributed by atoms with E-state index in [2.05, 4.69) is 4.98 Å². The van der Waals surface area contributed by atoms with E-state index in [1.165, 1.54) is 0 Å². The number of hydrogen-bond donors (Lipinski definition) is 0. The molecule has 1 aromatic rings. The summed E-state index contributed by atoms with van der Waals surface area (Å²) in [5.74, 6) is -0.949. The summed E-state index contributed by atoms with van der Waals surface area (Å²) in [5, 5.41) is 0. The summed E-state index contributed by atoms with van der Waals surface area (Å²) in [5.41, 5.74) is 0.134. The van der Waals surface area contributed by atoms with E-state index in [-0.39, 0.29) is 5.97 Å². The third-order valence-electron chi connectivity index (χ3n) is 3.77. The van der Waals surface area contributed by atoms with Crippen LogP contribution in [0.5, 0.6) is 0 Å². The molecular weight excluding hydrogens is 246 g/mol. The largest absolute Gasteiger partial charge is 0.465 e. The molecule has 0 aromatic carbocycles. The fourth-order valence-electron chi connectivity index (χ4n) is 2.62. The molecule has 5 nitrogen and oxygen atoms in total. The Balaban J connectivity index is 2.30. The van der Waals surface area contributed by atoms with Crippen molar-refractivity contribution in [3.05, 3.63) is 30.1 Å². The van der Waals surface area contributed by atoms with Gasteiger partial charge in [-0.05, 0) is 18.6 Å². The molecule has 0 atom stereocenters. The van der Waals surface area contributed by atoms with Gasteiger partial charge in [0.2, 0.25) is 0 Å². The number of hydrogen-bond acceptors (Lipinski definition) is 5. The average molecular weight is 265 g/mol. The first-order chi connectivity index (χ1) is 9.12. The van der Waals surface area contributed by atoms with Crippen LogP contribution in [0.25, 0.3) is 0 Å². The molecule has 104 valence electrons. The van der Waals surface area contributed by atoms with Gasteiger partial charge >= 0.3 is 5.97 Å². The highest BCUT2D eigenvalue weighted by Gasteiger charge is 2.62. The van der Waals surface area contributed by atoms with Crippen LogP contribution in [0.4, 0.5) is 0 Å². The number of nitrogens with zero attached hydrogens (tertiary/aromatic N) is 1. The number of carbonyl (C=O) groups is 1. The van der Waals surface area contributed by atoms with E-state index in [1.54, 1.807) is 33.5 Å². The quantitative estimate of drug-likeness (QED) is 0.598. The molecule has 0 radical (unpaired) electrons. The average Bonchev–Trinajstić information content (AvgIpc) is 2.41. The predicted octanol–water partition coefficient (Wildman–Crippen LogP) is 1.67. The highest BCUT2D eigenvalue weighted by molar-refractivity contribution is 5.85. The minimum absolute atomic E-state index is 0.243. The van der Waals surface area contributed by atoms with Crippen molar-refractivity contribution in [3.8, 4) is 0 Å². The van der Waals surface area contributed by atoms with Gasteiger partial charge in [0.25, 0.3) is 0 Å². The monoisotopic (exact) mass is 265 g/mol. The van der Waals surface area contributed by atoms with Crippen LogP contribution in [0.15, 0.2) is 24.5 Å². The van der Waals surface area contributed by atoms with Gasteiger partial charge < -0.3 is 14.2 Å². The topological polar surface area (TPSA) is 57.7 Å². The van der Waals surface area contributed by atoms with Crippen molar-refractivity contribution in [2.45, 2.75) is 31.0 Å². The van der Waals surface area contributed by atoms with E-state index in [4.69, 9.17) is 14.2 Å². The molecule has 1 aromatic heterocycles. The smallest absolute Gasteiger partial charge is 0.317 e. The molecule has 1 aliphatic rings. The van der Waals surface area contributed by atoms with E-state index >= 15 is 0 Å². The fraction of sp³-hybridized carbons (Fsp3) is 0.571. The number of ether oxygens (including phenoxy) is 3. The molecule has 1 heterocycles. The zero-order valence-corrected chi connectivity index (χ0v) is 11.5. The van der Waals surface area contributed by atoms with Gasteiger partial charge in [0.1, 0.15) is 5.41 Å². The Hall–Kier alpha value is -1.46. The molecular formula is C14H19NO4. The van der Waals surface area contributed by atoms with Gasteiger partial charge in [-0.25, -0.2) is 0 Å². The summed E-state index contributed by atoms with van der Waals surface area (Å²) in [6, 6.07) is 3.70. The molecule has 1 aliphatic carbocycles. The van der Waals surface area contributed by atoms with Crippen LogP contribution in [0.2, 0.25) is 0 Å². The second kappa shape index (κ2) is 5.27. The second-order valence-corrected chi connectivity index (χ2v) is 4.72. The summed E-state index contributed by atoms with van der Waals surface area (Å²) in [4.78, 5) is 16.4.